The minimum absolute atomic E-state index is 0.103. The second-order valence-electron chi connectivity index (χ2n) is 6.25. The van der Waals surface area contributed by atoms with Crippen LogP contribution in [-0.2, 0) is 9.59 Å². The Morgan fingerprint density at radius 3 is 2.72 bits per heavy atom. The number of carbonyl (C=O) groups is 2. The van der Waals surface area contributed by atoms with E-state index in [4.69, 9.17) is 16.6 Å². The number of nitrogens with zero attached hydrogens (tertiary/aromatic N) is 2. The summed E-state index contributed by atoms with van der Waals surface area (Å²) in [6.45, 7) is 2.22. The standard InChI is InChI=1S/C18H22N2O3S2/c21-16(19-9-3-1-2-4-10-19)8-5-11-20-17(22)15(25-18(20)24)13-14-7-6-12-23-14/h6-7,12-13H,1-5,8-11H2. The minimum Gasteiger partial charge on any atom is -0.465 e. The number of amides is 2. The van der Waals surface area contributed by atoms with Crippen LogP contribution in [0.15, 0.2) is 27.7 Å². The molecule has 0 radical (unpaired) electrons. The molecule has 2 saturated heterocycles. The fourth-order valence-electron chi connectivity index (χ4n) is 3.06. The molecule has 2 aliphatic rings. The molecule has 3 rings (SSSR count). The Hall–Kier alpha value is -1.60. The molecule has 0 spiro atoms. The lowest BCUT2D eigenvalue weighted by Gasteiger charge is -2.21. The van der Waals surface area contributed by atoms with E-state index in [1.807, 2.05) is 4.90 Å². The lowest BCUT2D eigenvalue weighted by Crippen LogP contribution is -2.33. The Labute approximate surface area is 157 Å². The van der Waals surface area contributed by atoms with Gasteiger partial charge in [-0.2, -0.15) is 0 Å². The number of hydrogen-bond donors (Lipinski definition) is 0. The summed E-state index contributed by atoms with van der Waals surface area (Å²) >= 11 is 6.60. The summed E-state index contributed by atoms with van der Waals surface area (Å²) in [7, 11) is 0. The highest BCUT2D eigenvalue weighted by Gasteiger charge is 2.32. The minimum atomic E-state index is -0.103. The van der Waals surface area contributed by atoms with Gasteiger partial charge in [0.25, 0.3) is 5.91 Å². The lowest BCUT2D eigenvalue weighted by atomic mass is 10.2. The van der Waals surface area contributed by atoms with E-state index in [1.165, 1.54) is 24.6 Å². The number of hydrogen-bond acceptors (Lipinski definition) is 5. The maximum atomic E-state index is 12.5. The van der Waals surface area contributed by atoms with Crippen molar-refractivity contribution in [2.75, 3.05) is 19.6 Å². The Morgan fingerprint density at radius 1 is 1.28 bits per heavy atom. The van der Waals surface area contributed by atoms with Gasteiger partial charge in [-0.3, -0.25) is 14.5 Å². The number of carbonyl (C=O) groups excluding carboxylic acids is 2. The zero-order chi connectivity index (χ0) is 17.6. The Balaban J connectivity index is 1.50. The summed E-state index contributed by atoms with van der Waals surface area (Å²) in [4.78, 5) is 28.9. The third-order valence-corrected chi connectivity index (χ3v) is 5.80. The monoisotopic (exact) mass is 378 g/mol. The molecule has 0 aliphatic carbocycles. The first-order chi connectivity index (χ1) is 12.1. The van der Waals surface area contributed by atoms with Gasteiger partial charge in [-0.1, -0.05) is 36.8 Å². The molecule has 134 valence electrons. The number of thiocarbonyl (C=S) groups is 1. The molecule has 25 heavy (non-hydrogen) atoms. The van der Waals surface area contributed by atoms with Gasteiger partial charge in [0.05, 0.1) is 11.2 Å². The van der Waals surface area contributed by atoms with E-state index >= 15 is 0 Å². The first-order valence-corrected chi connectivity index (χ1v) is 9.94. The van der Waals surface area contributed by atoms with Crippen LogP contribution in [0.5, 0.6) is 0 Å². The summed E-state index contributed by atoms with van der Waals surface area (Å²) in [6, 6.07) is 3.58. The van der Waals surface area contributed by atoms with E-state index in [1.54, 1.807) is 29.4 Å². The fraction of sp³-hybridized carbons (Fsp3) is 0.500. The molecule has 0 unspecified atom stereocenters. The second-order valence-corrected chi connectivity index (χ2v) is 7.92. The molecule has 0 saturated carbocycles. The van der Waals surface area contributed by atoms with Crippen molar-refractivity contribution in [1.82, 2.24) is 9.80 Å². The zero-order valence-corrected chi connectivity index (χ0v) is 15.7. The molecular formula is C18H22N2O3S2. The van der Waals surface area contributed by atoms with Gasteiger partial charge in [0.15, 0.2) is 0 Å². The van der Waals surface area contributed by atoms with Crippen LogP contribution in [0.25, 0.3) is 6.08 Å². The number of thioether (sulfide) groups is 1. The van der Waals surface area contributed by atoms with E-state index in [0.717, 1.165) is 25.9 Å². The molecule has 7 heteroatoms. The number of rotatable bonds is 5. The smallest absolute Gasteiger partial charge is 0.266 e. The molecule has 0 aromatic carbocycles. The molecule has 2 aliphatic heterocycles. The van der Waals surface area contributed by atoms with Gasteiger partial charge in [-0.25, -0.2) is 0 Å². The topological polar surface area (TPSA) is 53.8 Å². The van der Waals surface area contributed by atoms with Crippen LogP contribution in [0.2, 0.25) is 0 Å². The summed E-state index contributed by atoms with van der Waals surface area (Å²) in [6.07, 6.45) is 8.99. The molecule has 0 bridgehead atoms. The van der Waals surface area contributed by atoms with Crippen molar-refractivity contribution >= 4 is 46.2 Å². The van der Waals surface area contributed by atoms with Gasteiger partial charge in [0, 0.05) is 32.1 Å². The quantitative estimate of drug-likeness (QED) is 0.578. The molecule has 3 heterocycles. The van der Waals surface area contributed by atoms with E-state index in [-0.39, 0.29) is 11.8 Å². The Bertz CT molecular complexity index is 662. The third kappa shape index (κ3) is 4.73. The maximum Gasteiger partial charge on any atom is 0.266 e. The van der Waals surface area contributed by atoms with Crippen LogP contribution < -0.4 is 0 Å². The van der Waals surface area contributed by atoms with Crippen LogP contribution in [0.4, 0.5) is 0 Å². The molecule has 0 atom stereocenters. The van der Waals surface area contributed by atoms with Crippen molar-refractivity contribution in [2.45, 2.75) is 38.5 Å². The third-order valence-electron chi connectivity index (χ3n) is 4.42. The molecule has 5 nitrogen and oxygen atoms in total. The van der Waals surface area contributed by atoms with E-state index in [9.17, 15) is 9.59 Å². The highest BCUT2D eigenvalue weighted by atomic mass is 32.2. The highest BCUT2D eigenvalue weighted by molar-refractivity contribution is 8.26. The summed E-state index contributed by atoms with van der Waals surface area (Å²) in [5.41, 5.74) is 0. The van der Waals surface area contributed by atoms with Gasteiger partial charge in [-0.05, 0) is 31.4 Å². The van der Waals surface area contributed by atoms with Crippen molar-refractivity contribution in [3.63, 3.8) is 0 Å². The van der Waals surface area contributed by atoms with Gasteiger partial charge in [0.2, 0.25) is 5.91 Å². The van der Waals surface area contributed by atoms with Crippen LogP contribution in [-0.4, -0.2) is 45.6 Å². The molecule has 1 aromatic heterocycles. The van der Waals surface area contributed by atoms with Gasteiger partial charge in [0.1, 0.15) is 10.1 Å². The molecule has 2 fully saturated rings. The largest absolute Gasteiger partial charge is 0.465 e. The maximum absolute atomic E-state index is 12.5. The first kappa shape index (κ1) is 18.2. The van der Waals surface area contributed by atoms with E-state index in [2.05, 4.69) is 0 Å². The SMILES string of the molecule is O=C(CCCN1C(=O)C(=Cc2ccco2)SC1=S)N1CCCCCC1. The number of likely N-dealkylation sites (tertiary alicyclic amines) is 1. The van der Waals surface area contributed by atoms with Crippen molar-refractivity contribution in [1.29, 1.82) is 0 Å². The predicted octanol–water partition coefficient (Wildman–Crippen LogP) is 3.66. The fourth-order valence-corrected chi connectivity index (χ4v) is 4.35. The van der Waals surface area contributed by atoms with Gasteiger partial charge < -0.3 is 9.32 Å². The number of furan rings is 1. The normalized spacial score (nSPS) is 20.4. The molecule has 1 aromatic rings. The van der Waals surface area contributed by atoms with E-state index in [0.29, 0.717) is 34.4 Å². The second kappa shape index (κ2) is 8.67. The summed E-state index contributed by atoms with van der Waals surface area (Å²) in [5, 5.41) is 0. The van der Waals surface area contributed by atoms with Crippen molar-refractivity contribution in [3.05, 3.63) is 29.1 Å². The predicted molar refractivity (Wildman–Crippen MR) is 103 cm³/mol. The van der Waals surface area contributed by atoms with Crippen LogP contribution in [0.3, 0.4) is 0 Å². The average molecular weight is 379 g/mol. The van der Waals surface area contributed by atoms with E-state index < -0.39 is 0 Å². The Morgan fingerprint density at radius 2 is 2.04 bits per heavy atom. The van der Waals surface area contributed by atoms with Gasteiger partial charge in [-0.15, -0.1) is 0 Å². The first-order valence-electron chi connectivity index (χ1n) is 8.72. The average Bonchev–Trinajstić information content (AvgIpc) is 3.08. The van der Waals surface area contributed by atoms with Gasteiger partial charge >= 0.3 is 0 Å². The zero-order valence-electron chi connectivity index (χ0n) is 14.1. The molecule has 2 amide bonds. The van der Waals surface area contributed by atoms with Crippen LogP contribution >= 0.6 is 24.0 Å². The summed E-state index contributed by atoms with van der Waals surface area (Å²) < 4.78 is 5.80. The van der Waals surface area contributed by atoms with Crippen molar-refractivity contribution in [3.8, 4) is 0 Å². The lowest BCUT2D eigenvalue weighted by molar-refractivity contribution is -0.131. The summed E-state index contributed by atoms with van der Waals surface area (Å²) in [5.74, 6) is 0.726. The van der Waals surface area contributed by atoms with Crippen LogP contribution in [0, 0.1) is 0 Å². The van der Waals surface area contributed by atoms with Crippen LogP contribution in [0.1, 0.15) is 44.3 Å². The Kier molecular flexibility index (Phi) is 6.31. The highest BCUT2D eigenvalue weighted by Crippen LogP contribution is 2.32. The van der Waals surface area contributed by atoms with Crippen molar-refractivity contribution < 1.29 is 14.0 Å². The van der Waals surface area contributed by atoms with Crippen molar-refractivity contribution in [2.24, 2.45) is 0 Å². The molecular weight excluding hydrogens is 356 g/mol. The molecule has 0 N–H and O–H groups in total.